The second-order valence-electron chi connectivity index (χ2n) is 8.51. The van der Waals surface area contributed by atoms with Crippen LogP contribution >= 0.6 is 38.9 Å². The highest BCUT2D eigenvalue weighted by Crippen LogP contribution is 2.34. The molecule has 1 aliphatic rings. The van der Waals surface area contributed by atoms with Crippen molar-refractivity contribution in [1.82, 2.24) is 4.57 Å². The summed E-state index contributed by atoms with van der Waals surface area (Å²) in [5, 5.41) is 13.1. The van der Waals surface area contributed by atoms with Gasteiger partial charge in [-0.15, -0.1) is 0 Å². The molecule has 0 saturated carbocycles. The largest absolute Gasteiger partial charge is 0.505 e. The average molecular weight is 611 g/mol. The fourth-order valence-corrected chi connectivity index (χ4v) is 6.15. The highest BCUT2D eigenvalue weighted by Gasteiger charge is 2.32. The van der Waals surface area contributed by atoms with Crippen LogP contribution in [0.15, 0.2) is 92.3 Å². The lowest BCUT2D eigenvalue weighted by Crippen LogP contribution is -2.40. The van der Waals surface area contributed by atoms with Gasteiger partial charge in [-0.05, 0) is 76.5 Å². The Balaban J connectivity index is 1.70. The predicted molar refractivity (Wildman–Crippen MR) is 153 cm³/mol. The highest BCUT2D eigenvalue weighted by molar-refractivity contribution is 9.10. The number of phenolic OH excluding ortho intramolecular Hbond substituents is 1. The van der Waals surface area contributed by atoms with E-state index in [2.05, 4.69) is 26.2 Å². The van der Waals surface area contributed by atoms with Crippen LogP contribution in [0, 0.1) is 0 Å². The quantitative estimate of drug-likeness (QED) is 0.333. The summed E-state index contributed by atoms with van der Waals surface area (Å²) in [5.74, 6) is 0.174. The van der Waals surface area contributed by atoms with E-state index >= 15 is 0 Å². The summed E-state index contributed by atoms with van der Waals surface area (Å²) >= 11 is 10.6. The van der Waals surface area contributed by atoms with Crippen molar-refractivity contribution >= 4 is 56.5 Å². The minimum absolute atomic E-state index is 0.0759. The fraction of sp³-hybridized carbons (Fsp3) is 0.107. The van der Waals surface area contributed by atoms with Crippen molar-refractivity contribution in [2.24, 2.45) is 4.99 Å². The van der Waals surface area contributed by atoms with Crippen LogP contribution in [0.5, 0.6) is 11.5 Å². The first-order valence-electron chi connectivity index (χ1n) is 11.5. The fourth-order valence-electron chi connectivity index (χ4n) is 4.28. The Labute approximate surface area is 235 Å². The zero-order valence-electron chi connectivity index (χ0n) is 20.2. The number of para-hydroxylation sites is 1. The molecule has 0 unspecified atom stereocenters. The monoisotopic (exact) mass is 609 g/mol. The van der Waals surface area contributed by atoms with E-state index in [-0.39, 0.29) is 22.2 Å². The van der Waals surface area contributed by atoms with Crippen LogP contribution in [-0.2, 0) is 4.79 Å². The van der Waals surface area contributed by atoms with Gasteiger partial charge in [-0.3, -0.25) is 14.2 Å². The van der Waals surface area contributed by atoms with Gasteiger partial charge in [0, 0.05) is 5.69 Å². The number of carbonyl (C=O) groups excluding carboxylic acids is 1. The van der Waals surface area contributed by atoms with Crippen molar-refractivity contribution in [2.75, 3.05) is 12.4 Å². The second kappa shape index (κ2) is 10.6. The molecule has 1 atom stereocenters. The topological polar surface area (TPSA) is 92.9 Å². The number of phenols is 1. The lowest BCUT2D eigenvalue weighted by atomic mass is 9.95. The third kappa shape index (κ3) is 4.92. The van der Waals surface area contributed by atoms with Crippen LogP contribution in [0.1, 0.15) is 24.1 Å². The summed E-state index contributed by atoms with van der Waals surface area (Å²) in [6, 6.07) is 18.9. The summed E-state index contributed by atoms with van der Waals surface area (Å²) in [7, 11) is 1.57. The normalized spacial score (nSPS) is 15.2. The third-order valence-electron chi connectivity index (χ3n) is 6.04. The number of methoxy groups -OCH3 is 1. The zero-order chi connectivity index (χ0) is 27.0. The number of rotatable bonds is 5. The third-order valence-corrected chi connectivity index (χ3v) is 7.92. The van der Waals surface area contributed by atoms with Gasteiger partial charge < -0.3 is 15.2 Å². The molecule has 0 aliphatic carbocycles. The molecule has 2 heterocycles. The number of amides is 1. The Hall–Kier alpha value is -3.66. The molecule has 10 heteroatoms. The molecule has 0 saturated heterocycles. The number of fused-ring (bicyclic) bond motifs is 1. The molecule has 1 aromatic heterocycles. The molecule has 192 valence electrons. The maximum Gasteiger partial charge on any atom is 0.271 e. The minimum atomic E-state index is -0.734. The van der Waals surface area contributed by atoms with E-state index < -0.39 is 6.04 Å². The standard InChI is InChI=1S/C28H21BrClN3O4S/c1-15-23(26(35)32-18-8-4-3-5-9-18)24(17-7-6-10-19(14-17)37-2)33-27(36)22(38-28(33)31-15)13-16-11-20(29)25(34)21(30)12-16/h3-14,24,34H,1-2H3,(H,32,35)/b22-13+/t24-/m0/s1. The molecular formula is C28H21BrClN3O4S. The van der Waals surface area contributed by atoms with Gasteiger partial charge in [0.2, 0.25) is 0 Å². The number of thiazole rings is 1. The van der Waals surface area contributed by atoms with E-state index in [1.165, 1.54) is 15.9 Å². The van der Waals surface area contributed by atoms with Crippen molar-refractivity contribution in [3.63, 3.8) is 0 Å². The highest BCUT2D eigenvalue weighted by atomic mass is 79.9. The van der Waals surface area contributed by atoms with Gasteiger partial charge in [0.05, 0.1) is 38.4 Å². The summed E-state index contributed by atoms with van der Waals surface area (Å²) in [5.41, 5.74) is 2.53. The molecule has 0 bridgehead atoms. The molecule has 0 radical (unpaired) electrons. The minimum Gasteiger partial charge on any atom is -0.505 e. The first kappa shape index (κ1) is 26.0. The van der Waals surface area contributed by atoms with Crippen LogP contribution in [0.25, 0.3) is 6.08 Å². The van der Waals surface area contributed by atoms with E-state index in [0.29, 0.717) is 47.6 Å². The number of carbonyl (C=O) groups is 1. The number of hydrogen-bond donors (Lipinski definition) is 2. The molecular weight excluding hydrogens is 590 g/mol. The lowest BCUT2D eigenvalue weighted by molar-refractivity contribution is -0.113. The molecule has 3 aromatic carbocycles. The van der Waals surface area contributed by atoms with Crippen LogP contribution in [0.4, 0.5) is 5.69 Å². The van der Waals surface area contributed by atoms with E-state index in [1.807, 2.05) is 36.4 Å². The Morgan fingerprint density at radius 2 is 1.95 bits per heavy atom. The molecule has 0 spiro atoms. The number of nitrogens with zero attached hydrogens (tertiary/aromatic N) is 2. The van der Waals surface area contributed by atoms with Crippen LogP contribution in [0.2, 0.25) is 5.02 Å². The van der Waals surface area contributed by atoms with Crippen molar-refractivity contribution in [3.8, 4) is 11.5 Å². The van der Waals surface area contributed by atoms with E-state index in [4.69, 9.17) is 16.3 Å². The predicted octanol–water partition coefficient (Wildman–Crippen LogP) is 5.00. The van der Waals surface area contributed by atoms with E-state index in [0.717, 1.165) is 0 Å². The van der Waals surface area contributed by atoms with Gasteiger partial charge in [-0.1, -0.05) is 53.3 Å². The molecule has 4 aromatic rings. The number of nitrogens with one attached hydrogen (secondary N) is 1. The van der Waals surface area contributed by atoms with E-state index in [9.17, 15) is 14.7 Å². The van der Waals surface area contributed by atoms with Gasteiger partial charge in [-0.2, -0.15) is 0 Å². The molecule has 1 aliphatic heterocycles. The Morgan fingerprint density at radius 3 is 2.66 bits per heavy atom. The SMILES string of the molecule is COc1cccc([C@H]2C(C(=O)Nc3ccccc3)=C(C)N=c3s/c(=C/c4cc(Cl)c(O)c(Br)c4)c(=O)n32)c1. The number of anilines is 1. The number of aromatic nitrogens is 1. The van der Waals surface area contributed by atoms with Crippen LogP contribution < -0.4 is 24.9 Å². The summed E-state index contributed by atoms with van der Waals surface area (Å²) in [4.78, 5) is 32.6. The molecule has 0 fully saturated rings. The molecule has 1 amide bonds. The second-order valence-corrected chi connectivity index (χ2v) is 10.8. The Kier molecular flexibility index (Phi) is 7.25. The summed E-state index contributed by atoms with van der Waals surface area (Å²) in [6.07, 6.45) is 1.69. The number of ether oxygens (including phenoxy) is 1. The maximum absolute atomic E-state index is 13.8. The van der Waals surface area contributed by atoms with Gasteiger partial charge in [-0.25, -0.2) is 4.99 Å². The van der Waals surface area contributed by atoms with Crippen LogP contribution in [0.3, 0.4) is 0 Å². The molecule has 38 heavy (non-hydrogen) atoms. The lowest BCUT2D eigenvalue weighted by Gasteiger charge is -2.25. The van der Waals surface area contributed by atoms with Crippen molar-refractivity contribution in [1.29, 1.82) is 0 Å². The Morgan fingerprint density at radius 1 is 1.18 bits per heavy atom. The summed E-state index contributed by atoms with van der Waals surface area (Å²) < 4.78 is 7.78. The smallest absolute Gasteiger partial charge is 0.271 e. The summed E-state index contributed by atoms with van der Waals surface area (Å²) in [6.45, 7) is 1.76. The van der Waals surface area contributed by atoms with Gasteiger partial charge in [0.15, 0.2) is 4.80 Å². The number of halogens is 2. The maximum atomic E-state index is 13.8. The van der Waals surface area contributed by atoms with Crippen LogP contribution in [-0.4, -0.2) is 22.7 Å². The molecule has 2 N–H and O–H groups in total. The van der Waals surface area contributed by atoms with Gasteiger partial charge in [0.1, 0.15) is 11.5 Å². The first-order chi connectivity index (χ1) is 18.3. The number of benzene rings is 3. The van der Waals surface area contributed by atoms with Crippen molar-refractivity contribution < 1.29 is 14.6 Å². The number of allylic oxidation sites excluding steroid dienone is 1. The number of hydrogen-bond acceptors (Lipinski definition) is 6. The average Bonchev–Trinajstić information content (AvgIpc) is 3.20. The zero-order valence-corrected chi connectivity index (χ0v) is 23.4. The van der Waals surface area contributed by atoms with Gasteiger partial charge >= 0.3 is 0 Å². The first-order valence-corrected chi connectivity index (χ1v) is 13.5. The van der Waals surface area contributed by atoms with Crippen molar-refractivity contribution in [2.45, 2.75) is 13.0 Å². The van der Waals surface area contributed by atoms with Gasteiger partial charge in [0.25, 0.3) is 11.5 Å². The van der Waals surface area contributed by atoms with E-state index in [1.54, 1.807) is 50.4 Å². The Bertz CT molecular complexity index is 1760. The number of aromatic hydroxyl groups is 1. The molecule has 7 nitrogen and oxygen atoms in total. The molecule has 5 rings (SSSR count). The van der Waals surface area contributed by atoms with Crippen molar-refractivity contribution in [3.05, 3.63) is 118 Å².